The lowest BCUT2D eigenvalue weighted by Gasteiger charge is -2.09. The van der Waals surface area contributed by atoms with Crippen LogP contribution in [0.3, 0.4) is 0 Å². The smallest absolute Gasteiger partial charge is 0.163 e. The first kappa shape index (κ1) is 20.8. The van der Waals surface area contributed by atoms with Gasteiger partial charge in [0.15, 0.2) is 17.5 Å². The Balaban J connectivity index is 1.62. The van der Waals surface area contributed by atoms with E-state index in [0.717, 1.165) is 28.1 Å². The molecule has 158 valence electrons. The van der Waals surface area contributed by atoms with Crippen molar-refractivity contribution in [3.8, 4) is 11.4 Å². The Hall–Kier alpha value is -4.46. The Morgan fingerprint density at radius 2 is 1.12 bits per heavy atom. The van der Waals surface area contributed by atoms with E-state index in [1.165, 1.54) is 0 Å². The highest BCUT2D eigenvalue weighted by Crippen LogP contribution is 2.20. The summed E-state index contributed by atoms with van der Waals surface area (Å²) in [6.45, 7) is 3.84. The lowest BCUT2D eigenvalue weighted by molar-refractivity contribution is 1.12. The predicted octanol–water partition coefficient (Wildman–Crippen LogP) is 4.61. The maximum Gasteiger partial charge on any atom is 0.163 e. The van der Waals surface area contributed by atoms with Crippen molar-refractivity contribution in [1.29, 1.82) is 0 Å². The van der Waals surface area contributed by atoms with Crippen LogP contribution in [0.25, 0.3) is 11.4 Å². The molecule has 0 bridgehead atoms. The molecular formula is C24H22N8. The minimum Gasteiger partial charge on any atom is -0.265 e. The van der Waals surface area contributed by atoms with E-state index in [4.69, 9.17) is 0 Å². The molecule has 0 saturated carbocycles. The van der Waals surface area contributed by atoms with Crippen LogP contribution in [0.1, 0.15) is 25.0 Å². The molecule has 0 spiro atoms. The molecule has 2 N–H and O–H groups in total. The number of benzene rings is 1. The van der Waals surface area contributed by atoms with E-state index in [-0.39, 0.29) is 0 Å². The Labute approximate surface area is 186 Å². The molecule has 8 nitrogen and oxygen atoms in total. The summed E-state index contributed by atoms with van der Waals surface area (Å²) in [5, 5.41) is 8.92. The first-order valence-corrected chi connectivity index (χ1v) is 10.0. The summed E-state index contributed by atoms with van der Waals surface area (Å²) >= 11 is 0. The third-order valence-electron chi connectivity index (χ3n) is 4.63. The quantitative estimate of drug-likeness (QED) is 0.333. The number of rotatable bonds is 7. The Kier molecular flexibility index (Phi) is 6.52. The van der Waals surface area contributed by atoms with Gasteiger partial charge in [0.25, 0.3) is 0 Å². The molecule has 3 aromatic heterocycles. The van der Waals surface area contributed by atoms with Crippen LogP contribution in [-0.4, -0.2) is 31.4 Å². The van der Waals surface area contributed by atoms with Gasteiger partial charge in [0.05, 0.1) is 11.4 Å². The van der Waals surface area contributed by atoms with Crippen LogP contribution in [-0.2, 0) is 0 Å². The molecule has 0 amide bonds. The van der Waals surface area contributed by atoms with Crippen LogP contribution in [0, 0.1) is 0 Å². The van der Waals surface area contributed by atoms with Crippen molar-refractivity contribution in [2.45, 2.75) is 13.8 Å². The molecule has 8 heteroatoms. The number of hydrogen-bond acceptors (Lipinski definition) is 8. The Morgan fingerprint density at radius 1 is 0.656 bits per heavy atom. The van der Waals surface area contributed by atoms with Crippen molar-refractivity contribution in [3.05, 3.63) is 96.6 Å². The molecular weight excluding hydrogens is 400 g/mol. The van der Waals surface area contributed by atoms with Gasteiger partial charge in [-0.05, 0) is 38.1 Å². The molecule has 0 aliphatic rings. The fraction of sp³-hybridized carbons (Fsp3) is 0.0833. The Bertz CT molecular complexity index is 1150. The van der Waals surface area contributed by atoms with E-state index >= 15 is 0 Å². The minimum absolute atomic E-state index is 0.548. The van der Waals surface area contributed by atoms with Crippen LogP contribution >= 0.6 is 0 Å². The summed E-state index contributed by atoms with van der Waals surface area (Å²) in [5.41, 5.74) is 10.5. The summed E-state index contributed by atoms with van der Waals surface area (Å²) in [6, 6.07) is 19.1. The largest absolute Gasteiger partial charge is 0.265 e. The number of nitrogens with zero attached hydrogens (tertiary/aromatic N) is 6. The molecule has 0 fully saturated rings. The van der Waals surface area contributed by atoms with Crippen molar-refractivity contribution in [2.75, 3.05) is 10.9 Å². The van der Waals surface area contributed by atoms with Gasteiger partial charge in [-0.3, -0.25) is 20.8 Å². The van der Waals surface area contributed by atoms with Crippen LogP contribution < -0.4 is 10.9 Å². The SMILES string of the molecule is CC(=NNc1cc(NN=C(C)c2ccncc2)nc(-c2ccccc2)n1)c1ccncc1. The molecule has 0 radical (unpaired) electrons. The third kappa shape index (κ3) is 5.37. The molecule has 0 aliphatic heterocycles. The monoisotopic (exact) mass is 422 g/mol. The summed E-state index contributed by atoms with van der Waals surface area (Å²) in [4.78, 5) is 17.3. The molecule has 0 atom stereocenters. The summed E-state index contributed by atoms with van der Waals surface area (Å²) < 4.78 is 0. The lowest BCUT2D eigenvalue weighted by Crippen LogP contribution is -2.05. The van der Waals surface area contributed by atoms with Gasteiger partial charge in [0.2, 0.25) is 0 Å². The number of anilines is 2. The first-order chi connectivity index (χ1) is 15.7. The average molecular weight is 422 g/mol. The van der Waals surface area contributed by atoms with Gasteiger partial charge >= 0.3 is 0 Å². The highest BCUT2D eigenvalue weighted by Gasteiger charge is 2.07. The van der Waals surface area contributed by atoms with Crippen LogP contribution in [0.5, 0.6) is 0 Å². The van der Waals surface area contributed by atoms with Crippen LogP contribution in [0.4, 0.5) is 11.6 Å². The summed E-state index contributed by atoms with van der Waals surface area (Å²) in [6.07, 6.45) is 6.94. The van der Waals surface area contributed by atoms with Crippen molar-refractivity contribution in [3.63, 3.8) is 0 Å². The molecule has 32 heavy (non-hydrogen) atoms. The number of aromatic nitrogens is 4. The highest BCUT2D eigenvalue weighted by atomic mass is 15.3. The maximum atomic E-state index is 4.62. The molecule has 0 aliphatic carbocycles. The summed E-state index contributed by atoms with van der Waals surface area (Å²) in [5.74, 6) is 1.66. The minimum atomic E-state index is 0.548. The van der Waals surface area contributed by atoms with Gasteiger partial charge in [-0.25, -0.2) is 9.97 Å². The van der Waals surface area contributed by atoms with E-state index < -0.39 is 0 Å². The lowest BCUT2D eigenvalue weighted by atomic mass is 10.2. The van der Waals surface area contributed by atoms with Gasteiger partial charge in [-0.2, -0.15) is 10.2 Å². The number of pyridine rings is 2. The normalized spacial score (nSPS) is 11.8. The van der Waals surface area contributed by atoms with E-state index in [1.54, 1.807) is 30.9 Å². The zero-order valence-corrected chi connectivity index (χ0v) is 17.8. The number of nitrogens with one attached hydrogen (secondary N) is 2. The van der Waals surface area contributed by atoms with E-state index in [0.29, 0.717) is 17.5 Å². The molecule has 3 heterocycles. The van der Waals surface area contributed by atoms with Gasteiger partial charge in [0.1, 0.15) is 0 Å². The molecule has 0 saturated heterocycles. The van der Waals surface area contributed by atoms with Gasteiger partial charge in [-0.1, -0.05) is 30.3 Å². The second-order valence-electron chi connectivity index (χ2n) is 6.92. The maximum absolute atomic E-state index is 4.62. The van der Waals surface area contributed by atoms with Crippen LogP contribution in [0.15, 0.2) is 95.7 Å². The fourth-order valence-electron chi connectivity index (χ4n) is 2.88. The number of hydrogen-bond donors (Lipinski definition) is 2. The zero-order chi connectivity index (χ0) is 22.2. The molecule has 1 aromatic carbocycles. The highest BCUT2D eigenvalue weighted by molar-refractivity contribution is 5.99. The molecule has 4 aromatic rings. The zero-order valence-electron chi connectivity index (χ0n) is 17.8. The molecule has 0 unspecified atom stereocenters. The van der Waals surface area contributed by atoms with Gasteiger partial charge in [0, 0.05) is 47.5 Å². The first-order valence-electron chi connectivity index (χ1n) is 10.0. The number of hydrazone groups is 2. The second kappa shape index (κ2) is 10.0. The van der Waals surface area contributed by atoms with Crippen molar-refractivity contribution >= 4 is 23.1 Å². The van der Waals surface area contributed by atoms with Crippen molar-refractivity contribution < 1.29 is 0 Å². The third-order valence-corrected chi connectivity index (χ3v) is 4.63. The predicted molar refractivity (Wildman–Crippen MR) is 128 cm³/mol. The van der Waals surface area contributed by atoms with Gasteiger partial charge < -0.3 is 0 Å². The summed E-state index contributed by atoms with van der Waals surface area (Å²) in [7, 11) is 0. The Morgan fingerprint density at radius 3 is 1.59 bits per heavy atom. The van der Waals surface area contributed by atoms with Crippen LogP contribution in [0.2, 0.25) is 0 Å². The average Bonchev–Trinajstić information content (AvgIpc) is 2.87. The van der Waals surface area contributed by atoms with E-state index in [2.05, 4.69) is 41.0 Å². The van der Waals surface area contributed by atoms with Crippen molar-refractivity contribution in [2.24, 2.45) is 10.2 Å². The standard InChI is InChI=1S/C24H22N8/c1-17(19-8-12-25-13-9-19)29-31-22-16-23(28-24(27-22)21-6-4-3-5-7-21)32-30-18(2)20-10-14-26-15-11-20/h3-16H,1-2H3,(H2,27,28,31,32). The van der Waals surface area contributed by atoms with Crippen molar-refractivity contribution in [1.82, 2.24) is 19.9 Å². The topological polar surface area (TPSA) is 100 Å². The fourth-order valence-corrected chi connectivity index (χ4v) is 2.88. The van der Waals surface area contributed by atoms with E-state index in [9.17, 15) is 0 Å². The van der Waals surface area contributed by atoms with E-state index in [1.807, 2.05) is 68.4 Å². The molecule has 4 rings (SSSR count). The van der Waals surface area contributed by atoms with Gasteiger partial charge in [-0.15, -0.1) is 0 Å². The second-order valence-corrected chi connectivity index (χ2v) is 6.92.